The number of benzene rings is 1. The fourth-order valence-electron chi connectivity index (χ4n) is 1.37. The monoisotopic (exact) mass is 272 g/mol. The highest BCUT2D eigenvalue weighted by atomic mass is 32.2. The number of methoxy groups -OCH3 is 1. The average molecular weight is 272 g/mol. The van der Waals surface area contributed by atoms with Gasteiger partial charge in [-0.25, -0.2) is 8.42 Å². The minimum absolute atomic E-state index is 0.119. The number of rotatable bonds is 5. The molecule has 0 aliphatic rings. The van der Waals surface area contributed by atoms with E-state index >= 15 is 0 Å². The molecular formula is C12H17NO4S. The van der Waals surface area contributed by atoms with Crippen molar-refractivity contribution >= 4 is 15.5 Å². The Bertz CT molecular complexity index is 596. The molecule has 0 aliphatic carbocycles. The van der Waals surface area contributed by atoms with Gasteiger partial charge in [-0.1, -0.05) is 0 Å². The van der Waals surface area contributed by atoms with Crippen LogP contribution < -0.4 is 15.2 Å². The van der Waals surface area contributed by atoms with Crippen molar-refractivity contribution < 1.29 is 19.3 Å². The van der Waals surface area contributed by atoms with Gasteiger partial charge in [0.15, 0.2) is 21.3 Å². The Hall–Kier alpha value is -1.69. The predicted octanol–water partition coefficient (Wildman–Crippen LogP) is 1.40. The predicted molar refractivity (Wildman–Crippen MR) is 71.2 cm³/mol. The van der Waals surface area contributed by atoms with Gasteiger partial charge in [0.25, 0.3) is 0 Å². The van der Waals surface area contributed by atoms with Crippen molar-refractivity contribution in [1.82, 2.24) is 0 Å². The molecule has 6 heteroatoms. The quantitative estimate of drug-likeness (QED) is 0.876. The SMILES string of the molecule is [2H]/C(=C(/N)c1ccc(OC)c(OCC)c1)S(C)(=O)=O. The second kappa shape index (κ2) is 5.77. The van der Waals surface area contributed by atoms with Gasteiger partial charge in [-0.05, 0) is 25.1 Å². The molecule has 18 heavy (non-hydrogen) atoms. The van der Waals surface area contributed by atoms with E-state index in [1.165, 1.54) is 7.11 Å². The molecule has 1 aromatic carbocycles. The molecule has 100 valence electrons. The highest BCUT2D eigenvalue weighted by Gasteiger charge is 2.08. The van der Waals surface area contributed by atoms with E-state index in [-0.39, 0.29) is 5.70 Å². The van der Waals surface area contributed by atoms with Gasteiger partial charge in [0.2, 0.25) is 0 Å². The summed E-state index contributed by atoms with van der Waals surface area (Å²) in [5, 5.41) is -0.611. The molecule has 0 atom stereocenters. The van der Waals surface area contributed by atoms with Crippen LogP contribution >= 0.6 is 0 Å². The Morgan fingerprint density at radius 3 is 2.67 bits per heavy atom. The smallest absolute Gasteiger partial charge is 0.170 e. The van der Waals surface area contributed by atoms with E-state index in [1.807, 2.05) is 6.92 Å². The highest BCUT2D eigenvalue weighted by Crippen LogP contribution is 2.29. The molecule has 0 saturated carbocycles. The maximum atomic E-state index is 11.3. The van der Waals surface area contributed by atoms with Gasteiger partial charge in [0.1, 0.15) is 0 Å². The fourth-order valence-corrected chi connectivity index (χ4v) is 1.89. The first-order valence-electron chi connectivity index (χ1n) is 5.78. The van der Waals surface area contributed by atoms with Crippen LogP contribution in [0.25, 0.3) is 5.70 Å². The van der Waals surface area contributed by atoms with E-state index in [0.717, 1.165) is 6.26 Å². The van der Waals surface area contributed by atoms with Crippen LogP contribution in [-0.2, 0) is 9.84 Å². The maximum Gasteiger partial charge on any atom is 0.170 e. The van der Waals surface area contributed by atoms with E-state index < -0.39 is 15.2 Å². The zero-order valence-electron chi connectivity index (χ0n) is 11.6. The molecule has 0 bridgehead atoms. The van der Waals surface area contributed by atoms with Crippen LogP contribution in [0.1, 0.15) is 13.9 Å². The molecule has 0 fully saturated rings. The molecule has 1 rings (SSSR count). The average Bonchev–Trinajstić information content (AvgIpc) is 2.36. The summed E-state index contributed by atoms with van der Waals surface area (Å²) < 4.78 is 40.6. The van der Waals surface area contributed by atoms with Gasteiger partial charge in [-0.15, -0.1) is 0 Å². The largest absolute Gasteiger partial charge is 0.493 e. The summed E-state index contributed by atoms with van der Waals surface area (Å²) in [4.78, 5) is 0. The summed E-state index contributed by atoms with van der Waals surface area (Å²) in [6.07, 6.45) is 0.940. The molecular weight excluding hydrogens is 254 g/mol. The van der Waals surface area contributed by atoms with Gasteiger partial charge in [-0.3, -0.25) is 0 Å². The third kappa shape index (κ3) is 3.96. The Balaban J connectivity index is 3.33. The first-order chi connectivity index (χ1) is 8.81. The van der Waals surface area contributed by atoms with Gasteiger partial charge >= 0.3 is 0 Å². The van der Waals surface area contributed by atoms with Crippen molar-refractivity contribution in [2.45, 2.75) is 6.92 Å². The standard InChI is InChI=1S/C12H17NO4S/c1-4-17-12-7-9(5-6-11(12)16-2)10(13)8-18(3,14)15/h5-8H,4,13H2,1-3H3/b10-8-/i8D. The van der Waals surface area contributed by atoms with Crippen LogP contribution in [0.3, 0.4) is 0 Å². The van der Waals surface area contributed by atoms with E-state index in [2.05, 4.69) is 0 Å². The molecule has 0 heterocycles. The summed E-state index contributed by atoms with van der Waals surface area (Å²) in [5.74, 6) is 0.969. The van der Waals surface area contributed by atoms with Gasteiger partial charge in [0.05, 0.1) is 26.2 Å². The summed E-state index contributed by atoms with van der Waals surface area (Å²) >= 11 is 0. The van der Waals surface area contributed by atoms with Crippen LogP contribution in [0, 0.1) is 0 Å². The van der Waals surface area contributed by atoms with Gasteiger partial charge in [0, 0.05) is 11.8 Å². The van der Waals surface area contributed by atoms with E-state index in [0.29, 0.717) is 23.7 Å². The van der Waals surface area contributed by atoms with Crippen molar-refractivity contribution in [3.8, 4) is 11.5 Å². The minimum Gasteiger partial charge on any atom is -0.493 e. The van der Waals surface area contributed by atoms with Crippen LogP contribution in [-0.4, -0.2) is 28.4 Å². The lowest BCUT2D eigenvalue weighted by atomic mass is 10.1. The summed E-state index contributed by atoms with van der Waals surface area (Å²) in [6, 6.07) is 4.75. The zero-order valence-corrected chi connectivity index (χ0v) is 11.4. The molecule has 2 N–H and O–H groups in total. The first-order valence-corrected chi connectivity index (χ1v) is 7.18. The molecule has 1 aromatic rings. The highest BCUT2D eigenvalue weighted by molar-refractivity contribution is 7.93. The topological polar surface area (TPSA) is 78.6 Å². The molecule has 0 aliphatic heterocycles. The lowest BCUT2D eigenvalue weighted by molar-refractivity contribution is 0.311. The van der Waals surface area contributed by atoms with Crippen LogP contribution in [0.2, 0.25) is 0 Å². The molecule has 0 saturated heterocycles. The summed E-state index contributed by atoms with van der Waals surface area (Å²) in [6.45, 7) is 2.25. The van der Waals surface area contributed by atoms with Crippen molar-refractivity contribution in [2.24, 2.45) is 5.73 Å². The van der Waals surface area contributed by atoms with Crippen molar-refractivity contribution in [3.63, 3.8) is 0 Å². The van der Waals surface area contributed by atoms with Crippen LogP contribution in [0.5, 0.6) is 11.5 Å². The Morgan fingerprint density at radius 1 is 1.50 bits per heavy atom. The molecule has 0 unspecified atom stereocenters. The fraction of sp³-hybridized carbons (Fsp3) is 0.333. The Kier molecular flexibility index (Phi) is 4.09. The summed E-state index contributed by atoms with van der Waals surface area (Å²) in [5.41, 5.74) is 5.98. The number of sulfone groups is 1. The Morgan fingerprint density at radius 2 is 2.17 bits per heavy atom. The minimum atomic E-state index is -3.64. The van der Waals surface area contributed by atoms with Crippen molar-refractivity contribution in [2.75, 3.05) is 20.0 Å². The molecule has 0 spiro atoms. The van der Waals surface area contributed by atoms with Crippen molar-refractivity contribution in [3.05, 3.63) is 29.1 Å². The molecule has 0 amide bonds. The number of hydrogen-bond acceptors (Lipinski definition) is 5. The summed E-state index contributed by atoms with van der Waals surface area (Å²) in [7, 11) is -2.14. The van der Waals surface area contributed by atoms with E-state index in [9.17, 15) is 8.42 Å². The van der Waals surface area contributed by atoms with E-state index in [1.54, 1.807) is 18.2 Å². The van der Waals surface area contributed by atoms with E-state index in [4.69, 9.17) is 16.6 Å². The molecule has 0 radical (unpaired) electrons. The normalized spacial score (nSPS) is 13.6. The van der Waals surface area contributed by atoms with Crippen LogP contribution in [0.4, 0.5) is 0 Å². The van der Waals surface area contributed by atoms with Gasteiger partial charge < -0.3 is 15.2 Å². The van der Waals surface area contributed by atoms with Crippen LogP contribution in [0.15, 0.2) is 23.6 Å². The zero-order chi connectivity index (χ0) is 14.6. The van der Waals surface area contributed by atoms with Gasteiger partial charge in [-0.2, -0.15) is 0 Å². The molecule has 0 aromatic heterocycles. The molecule has 5 nitrogen and oxygen atoms in total. The third-order valence-corrected chi connectivity index (χ3v) is 2.66. The lowest BCUT2D eigenvalue weighted by Gasteiger charge is -2.11. The number of ether oxygens (including phenoxy) is 2. The number of hydrogen-bond donors (Lipinski definition) is 1. The second-order valence-electron chi connectivity index (χ2n) is 3.59. The third-order valence-electron chi connectivity index (χ3n) is 2.07. The maximum absolute atomic E-state index is 11.3. The number of nitrogens with two attached hydrogens (primary N) is 1. The Labute approximate surface area is 109 Å². The lowest BCUT2D eigenvalue weighted by Crippen LogP contribution is -2.02. The van der Waals surface area contributed by atoms with Crippen molar-refractivity contribution in [1.29, 1.82) is 0 Å². The first kappa shape index (κ1) is 12.8. The second-order valence-corrected chi connectivity index (χ2v) is 5.34.